The summed E-state index contributed by atoms with van der Waals surface area (Å²) in [6.07, 6.45) is -4.47. The lowest BCUT2D eigenvalue weighted by atomic mass is 9.89. The van der Waals surface area contributed by atoms with Crippen LogP contribution in [0.3, 0.4) is 0 Å². The summed E-state index contributed by atoms with van der Waals surface area (Å²) in [6.45, 7) is 5.41. The van der Waals surface area contributed by atoms with E-state index < -0.39 is 57.9 Å². The van der Waals surface area contributed by atoms with Gasteiger partial charge in [-0.15, -0.1) is 0 Å². The smallest absolute Gasteiger partial charge is 0.422 e. The number of ether oxygens (including phenoxy) is 1. The van der Waals surface area contributed by atoms with E-state index in [1.54, 1.807) is 17.1 Å². The maximum Gasteiger partial charge on any atom is 0.422 e. The Balaban J connectivity index is 2.20. The first kappa shape index (κ1) is 25.9. The third kappa shape index (κ3) is 5.51. The second kappa shape index (κ2) is 9.63. The molecule has 1 saturated heterocycles. The molecule has 1 heterocycles. The number of piperidine rings is 1. The Labute approximate surface area is 179 Å². The summed E-state index contributed by atoms with van der Waals surface area (Å²) < 4.78 is 98.9. The van der Waals surface area contributed by atoms with Crippen molar-refractivity contribution in [3.63, 3.8) is 0 Å². The Morgan fingerprint density at radius 1 is 1.06 bits per heavy atom. The fraction of sp³-hybridized carbons (Fsp3) is 0.600. The first-order valence-electron chi connectivity index (χ1n) is 9.84. The van der Waals surface area contributed by atoms with Crippen LogP contribution < -0.4 is 5.32 Å². The highest BCUT2D eigenvalue weighted by Gasteiger charge is 2.43. The first-order valence-corrected chi connectivity index (χ1v) is 9.84. The molecule has 1 aromatic carbocycles. The number of halogens is 7. The lowest BCUT2D eigenvalue weighted by Crippen LogP contribution is -2.47. The molecule has 12 heteroatoms. The van der Waals surface area contributed by atoms with Gasteiger partial charge in [-0.05, 0) is 40.2 Å². The molecule has 0 radical (unpaired) electrons. The van der Waals surface area contributed by atoms with Crippen LogP contribution in [0.2, 0.25) is 0 Å². The molecule has 1 amide bonds. The molecule has 32 heavy (non-hydrogen) atoms. The molecule has 5 nitrogen and oxygen atoms in total. The van der Waals surface area contributed by atoms with Gasteiger partial charge in [0.25, 0.3) is 0 Å². The summed E-state index contributed by atoms with van der Waals surface area (Å²) in [7, 11) is 0. The molecule has 1 aliphatic heterocycles. The Bertz CT molecular complexity index is 858. The molecule has 0 spiro atoms. The third-order valence-corrected chi connectivity index (χ3v) is 5.14. The summed E-state index contributed by atoms with van der Waals surface area (Å²) in [5.41, 5.74) is -5.75. The average Bonchev–Trinajstić information content (AvgIpc) is 2.68. The number of rotatable bonds is 6. The Morgan fingerprint density at radius 2 is 1.62 bits per heavy atom. The van der Waals surface area contributed by atoms with Gasteiger partial charge in [-0.2, -0.15) is 13.2 Å². The van der Waals surface area contributed by atoms with Gasteiger partial charge in [0.1, 0.15) is 11.3 Å². The van der Waals surface area contributed by atoms with Crippen LogP contribution in [0.25, 0.3) is 0 Å². The number of nitrogens with zero attached hydrogens (tertiary/aromatic N) is 1. The normalized spacial score (nSPS) is 17.9. The minimum Gasteiger partial charge on any atom is -0.466 e. The number of hydrogen-bond acceptors (Lipinski definition) is 4. The van der Waals surface area contributed by atoms with Crippen molar-refractivity contribution in [1.29, 1.82) is 0 Å². The van der Waals surface area contributed by atoms with Crippen LogP contribution >= 0.6 is 0 Å². The van der Waals surface area contributed by atoms with Gasteiger partial charge >= 0.3 is 12.1 Å². The molecule has 1 atom stereocenters. The number of alkyl halides is 3. The van der Waals surface area contributed by atoms with Gasteiger partial charge in [-0.3, -0.25) is 9.59 Å². The standard InChI is InChI=1S/C20H23F7N2O3/c1-4-32-17(30)10-6-5-7-29(8-10)9-19(2,3)18(31)28-16-14(23)12(21)11(20(25,26)27)13(22)15(16)24/h10H,4-9H2,1-3H3,(H,28,31). The minimum atomic E-state index is -5.68. The number of amides is 1. The Kier molecular flexibility index (Phi) is 7.79. The van der Waals surface area contributed by atoms with Gasteiger partial charge in [0.15, 0.2) is 23.3 Å². The quantitative estimate of drug-likeness (QED) is 0.376. The molecule has 0 aromatic heterocycles. The number of esters is 1. The van der Waals surface area contributed by atoms with E-state index in [4.69, 9.17) is 4.74 Å². The topological polar surface area (TPSA) is 58.6 Å². The summed E-state index contributed by atoms with van der Waals surface area (Å²) in [4.78, 5) is 26.3. The van der Waals surface area contributed by atoms with Crippen LogP contribution in [0.1, 0.15) is 39.2 Å². The largest absolute Gasteiger partial charge is 0.466 e. The zero-order valence-corrected chi connectivity index (χ0v) is 17.6. The molecule has 1 aromatic rings. The van der Waals surface area contributed by atoms with Crippen LogP contribution in [-0.2, 0) is 20.5 Å². The average molecular weight is 472 g/mol. The predicted octanol–water partition coefficient (Wildman–Crippen LogP) is 4.50. The molecular weight excluding hydrogens is 449 g/mol. The number of nitrogens with one attached hydrogen (secondary N) is 1. The van der Waals surface area contributed by atoms with Gasteiger partial charge < -0.3 is 15.0 Å². The SMILES string of the molecule is CCOC(=O)C1CCCN(CC(C)(C)C(=O)Nc2c(F)c(F)c(C(F)(F)F)c(F)c2F)C1. The van der Waals surface area contributed by atoms with Crippen molar-refractivity contribution in [2.24, 2.45) is 11.3 Å². The van der Waals surface area contributed by atoms with Crippen LogP contribution in [0.15, 0.2) is 0 Å². The zero-order chi connectivity index (χ0) is 24.4. The van der Waals surface area contributed by atoms with Crippen LogP contribution in [0, 0.1) is 34.6 Å². The Morgan fingerprint density at radius 3 is 2.12 bits per heavy atom. The van der Waals surface area contributed by atoms with E-state index in [1.165, 1.54) is 13.8 Å². The van der Waals surface area contributed by atoms with Crippen LogP contribution in [0.4, 0.5) is 36.4 Å². The van der Waals surface area contributed by atoms with Crippen molar-refractivity contribution in [1.82, 2.24) is 4.90 Å². The fourth-order valence-corrected chi connectivity index (χ4v) is 3.56. The molecule has 1 N–H and O–H groups in total. The van der Waals surface area contributed by atoms with E-state index in [0.717, 1.165) is 0 Å². The molecule has 0 bridgehead atoms. The summed E-state index contributed by atoms with van der Waals surface area (Å²) in [5, 5.41) is 1.67. The number of benzene rings is 1. The molecule has 180 valence electrons. The van der Waals surface area contributed by atoms with Gasteiger partial charge in [0, 0.05) is 13.1 Å². The number of hydrogen-bond donors (Lipinski definition) is 1. The highest BCUT2D eigenvalue weighted by molar-refractivity contribution is 5.95. The van der Waals surface area contributed by atoms with Gasteiger partial charge in [0.2, 0.25) is 5.91 Å². The van der Waals surface area contributed by atoms with Crippen molar-refractivity contribution in [3.8, 4) is 0 Å². The molecule has 1 fully saturated rings. The second-order valence-electron chi connectivity index (χ2n) is 8.17. The predicted molar refractivity (Wildman–Crippen MR) is 99.5 cm³/mol. The second-order valence-corrected chi connectivity index (χ2v) is 8.17. The number of anilines is 1. The van der Waals surface area contributed by atoms with Crippen molar-refractivity contribution in [2.45, 2.75) is 39.8 Å². The third-order valence-electron chi connectivity index (χ3n) is 5.14. The highest BCUT2D eigenvalue weighted by Crippen LogP contribution is 2.39. The van der Waals surface area contributed by atoms with E-state index in [0.29, 0.717) is 19.4 Å². The minimum absolute atomic E-state index is 0.00355. The molecule has 1 aliphatic rings. The highest BCUT2D eigenvalue weighted by atomic mass is 19.4. The van der Waals surface area contributed by atoms with Crippen molar-refractivity contribution in [2.75, 3.05) is 31.6 Å². The molecule has 0 saturated carbocycles. The fourth-order valence-electron chi connectivity index (χ4n) is 3.56. The van der Waals surface area contributed by atoms with Gasteiger partial charge in [-0.1, -0.05) is 0 Å². The van der Waals surface area contributed by atoms with Gasteiger partial charge in [0.05, 0.1) is 17.9 Å². The lowest BCUT2D eigenvalue weighted by Gasteiger charge is -2.36. The molecule has 0 aliphatic carbocycles. The number of carbonyl (C=O) groups is 2. The summed E-state index contributed by atoms with van der Waals surface area (Å²) >= 11 is 0. The number of carbonyl (C=O) groups excluding carboxylic acids is 2. The summed E-state index contributed by atoms with van der Waals surface area (Å²) in [6, 6.07) is 0. The zero-order valence-electron chi connectivity index (χ0n) is 17.6. The van der Waals surface area contributed by atoms with Crippen molar-refractivity contribution >= 4 is 17.6 Å². The van der Waals surface area contributed by atoms with Crippen LogP contribution in [-0.4, -0.2) is 43.0 Å². The van der Waals surface area contributed by atoms with E-state index in [1.807, 2.05) is 0 Å². The number of likely N-dealkylation sites (tertiary alicyclic amines) is 1. The van der Waals surface area contributed by atoms with Gasteiger partial charge in [-0.25, -0.2) is 17.6 Å². The van der Waals surface area contributed by atoms with E-state index in [9.17, 15) is 40.3 Å². The van der Waals surface area contributed by atoms with Crippen molar-refractivity contribution < 1.29 is 45.1 Å². The molecular formula is C20H23F7N2O3. The van der Waals surface area contributed by atoms with Crippen LogP contribution in [0.5, 0.6) is 0 Å². The Hall–Kier alpha value is -2.37. The van der Waals surface area contributed by atoms with E-state index in [-0.39, 0.29) is 25.7 Å². The summed E-state index contributed by atoms with van der Waals surface area (Å²) in [5.74, 6) is -11.9. The maximum atomic E-state index is 14.1. The first-order chi connectivity index (χ1) is 14.7. The van der Waals surface area contributed by atoms with E-state index >= 15 is 0 Å². The monoisotopic (exact) mass is 472 g/mol. The van der Waals surface area contributed by atoms with E-state index in [2.05, 4.69) is 0 Å². The maximum absolute atomic E-state index is 14.1. The van der Waals surface area contributed by atoms with Crippen molar-refractivity contribution in [3.05, 3.63) is 28.8 Å². The lowest BCUT2D eigenvalue weighted by molar-refractivity contribution is -0.150. The molecule has 2 rings (SSSR count). The molecule has 1 unspecified atom stereocenters.